The van der Waals surface area contributed by atoms with Gasteiger partial charge in [0.2, 0.25) is 0 Å². The van der Waals surface area contributed by atoms with Gasteiger partial charge in [0, 0.05) is 15.6 Å². The lowest BCUT2D eigenvalue weighted by atomic mass is 10.1. The molecule has 0 aliphatic rings. The summed E-state index contributed by atoms with van der Waals surface area (Å²) < 4.78 is 6.42. The van der Waals surface area contributed by atoms with E-state index >= 15 is 0 Å². The highest BCUT2D eigenvalue weighted by Gasteiger charge is 2.16. The zero-order valence-electron chi connectivity index (χ0n) is 10.0. The first-order valence-electron chi connectivity index (χ1n) is 5.51. The van der Waals surface area contributed by atoms with E-state index in [4.69, 9.17) is 33.7 Å². The third kappa shape index (κ3) is 3.32. The molecule has 0 saturated carbocycles. The van der Waals surface area contributed by atoms with Crippen LogP contribution in [0.1, 0.15) is 18.6 Å². The second kappa shape index (κ2) is 5.99. The third-order valence-electron chi connectivity index (χ3n) is 2.56. The Morgan fingerprint density at radius 3 is 2.42 bits per heavy atom. The van der Waals surface area contributed by atoms with Crippen molar-refractivity contribution in [1.82, 2.24) is 4.98 Å². The van der Waals surface area contributed by atoms with Crippen LogP contribution in [0.5, 0.6) is 5.75 Å². The van der Waals surface area contributed by atoms with E-state index in [-0.39, 0.29) is 6.10 Å². The molecule has 0 saturated heterocycles. The zero-order chi connectivity index (χ0) is 14.0. The molecular formula is C13H11BrCl2N2O. The first kappa shape index (κ1) is 14.4. The summed E-state index contributed by atoms with van der Waals surface area (Å²) in [6, 6.07) is 8.83. The van der Waals surface area contributed by atoms with E-state index < -0.39 is 0 Å². The monoisotopic (exact) mass is 360 g/mol. The molecule has 2 N–H and O–H groups in total. The Bertz CT molecular complexity index is 587. The van der Waals surface area contributed by atoms with E-state index in [1.807, 2.05) is 6.92 Å². The van der Waals surface area contributed by atoms with E-state index in [9.17, 15) is 0 Å². The predicted octanol–water partition coefficient (Wildman–Crippen LogP) is 4.87. The number of halogens is 3. The average Bonchev–Trinajstić information content (AvgIpc) is 2.32. The van der Waals surface area contributed by atoms with Crippen molar-refractivity contribution in [2.45, 2.75) is 13.0 Å². The van der Waals surface area contributed by atoms with Crippen molar-refractivity contribution in [2.75, 3.05) is 5.73 Å². The Morgan fingerprint density at radius 1 is 1.21 bits per heavy atom. The van der Waals surface area contributed by atoms with Crippen molar-refractivity contribution >= 4 is 44.9 Å². The molecule has 0 radical (unpaired) electrons. The zero-order valence-corrected chi connectivity index (χ0v) is 13.1. The standard InChI is InChI=1S/C13H11BrCl2N2O/c1-7(12-8(15)3-2-4-9(12)16)19-10-5-6-11(14)18-13(10)17/h2-7H,1H3,(H2,17,18). The highest BCUT2D eigenvalue weighted by molar-refractivity contribution is 9.10. The molecule has 0 aliphatic carbocycles. The lowest BCUT2D eigenvalue weighted by Crippen LogP contribution is -2.07. The maximum atomic E-state index is 6.14. The van der Waals surface area contributed by atoms with Crippen molar-refractivity contribution in [1.29, 1.82) is 0 Å². The summed E-state index contributed by atoms with van der Waals surface area (Å²) in [5.74, 6) is 0.802. The van der Waals surface area contributed by atoms with E-state index in [0.29, 0.717) is 26.2 Å². The van der Waals surface area contributed by atoms with E-state index in [0.717, 1.165) is 5.56 Å². The van der Waals surface area contributed by atoms with Crippen molar-refractivity contribution in [2.24, 2.45) is 0 Å². The number of nitrogens with zero attached hydrogens (tertiary/aromatic N) is 1. The largest absolute Gasteiger partial charge is 0.482 e. The summed E-state index contributed by atoms with van der Waals surface area (Å²) in [7, 11) is 0. The minimum atomic E-state index is -0.327. The van der Waals surface area contributed by atoms with Gasteiger partial charge in [-0.2, -0.15) is 0 Å². The molecular weight excluding hydrogens is 351 g/mol. The fourth-order valence-electron chi connectivity index (χ4n) is 1.69. The van der Waals surface area contributed by atoms with Gasteiger partial charge in [-0.25, -0.2) is 4.98 Å². The molecule has 100 valence electrons. The molecule has 0 aliphatic heterocycles. The van der Waals surface area contributed by atoms with Gasteiger partial charge in [-0.15, -0.1) is 0 Å². The van der Waals surface area contributed by atoms with Crippen molar-refractivity contribution < 1.29 is 4.74 Å². The van der Waals surface area contributed by atoms with Crippen LogP contribution in [0.2, 0.25) is 10.0 Å². The smallest absolute Gasteiger partial charge is 0.167 e. The van der Waals surface area contributed by atoms with Crippen LogP contribution in [0.4, 0.5) is 5.82 Å². The molecule has 1 heterocycles. The minimum absolute atomic E-state index is 0.310. The molecule has 0 fully saturated rings. The number of rotatable bonds is 3. The Balaban J connectivity index is 2.28. The molecule has 0 amide bonds. The van der Waals surface area contributed by atoms with Gasteiger partial charge in [0.15, 0.2) is 11.6 Å². The number of pyridine rings is 1. The summed E-state index contributed by atoms with van der Waals surface area (Å²) in [5.41, 5.74) is 6.52. The van der Waals surface area contributed by atoms with Gasteiger partial charge in [-0.05, 0) is 47.1 Å². The third-order valence-corrected chi connectivity index (χ3v) is 3.66. The molecule has 6 heteroatoms. The van der Waals surface area contributed by atoms with Gasteiger partial charge in [0.05, 0.1) is 0 Å². The summed E-state index contributed by atoms with van der Waals surface area (Å²) in [5, 5.41) is 1.12. The number of ether oxygens (including phenoxy) is 1. The lowest BCUT2D eigenvalue weighted by molar-refractivity contribution is 0.228. The second-order valence-corrected chi connectivity index (χ2v) is 5.54. The molecule has 2 aromatic rings. The van der Waals surface area contributed by atoms with E-state index in [1.165, 1.54) is 0 Å². The first-order chi connectivity index (χ1) is 8.99. The fraction of sp³-hybridized carbons (Fsp3) is 0.154. The summed E-state index contributed by atoms with van der Waals surface area (Å²) in [4.78, 5) is 4.07. The van der Waals surface area contributed by atoms with Gasteiger partial charge in [0.1, 0.15) is 10.7 Å². The molecule has 19 heavy (non-hydrogen) atoms. The second-order valence-electron chi connectivity index (χ2n) is 3.91. The molecule has 3 nitrogen and oxygen atoms in total. The number of hydrogen-bond donors (Lipinski definition) is 1. The number of anilines is 1. The van der Waals surface area contributed by atoms with Crippen molar-refractivity contribution in [3.63, 3.8) is 0 Å². The quantitative estimate of drug-likeness (QED) is 0.793. The van der Waals surface area contributed by atoms with Crippen LogP contribution < -0.4 is 10.5 Å². The summed E-state index contributed by atoms with van der Waals surface area (Å²) in [6.45, 7) is 1.86. The van der Waals surface area contributed by atoms with E-state index in [2.05, 4.69) is 20.9 Å². The lowest BCUT2D eigenvalue weighted by Gasteiger charge is -2.18. The molecule has 0 bridgehead atoms. The Labute approximate surface area is 129 Å². The number of benzene rings is 1. The average molecular weight is 362 g/mol. The van der Waals surface area contributed by atoms with Crippen LogP contribution >= 0.6 is 39.1 Å². The van der Waals surface area contributed by atoms with Gasteiger partial charge in [-0.1, -0.05) is 29.3 Å². The van der Waals surface area contributed by atoms with E-state index in [1.54, 1.807) is 30.3 Å². The fourth-order valence-corrected chi connectivity index (χ4v) is 2.71. The summed E-state index contributed by atoms with van der Waals surface area (Å²) in [6.07, 6.45) is -0.327. The molecule has 1 aromatic heterocycles. The van der Waals surface area contributed by atoms with Gasteiger partial charge < -0.3 is 10.5 Å². The number of hydrogen-bond acceptors (Lipinski definition) is 3. The molecule has 0 spiro atoms. The summed E-state index contributed by atoms with van der Waals surface area (Å²) >= 11 is 15.5. The Hall–Kier alpha value is -0.970. The van der Waals surface area contributed by atoms with Crippen LogP contribution in [-0.2, 0) is 0 Å². The Kier molecular flexibility index (Phi) is 4.55. The van der Waals surface area contributed by atoms with Gasteiger partial charge in [-0.3, -0.25) is 0 Å². The molecule has 2 rings (SSSR count). The molecule has 1 unspecified atom stereocenters. The maximum absolute atomic E-state index is 6.14. The Morgan fingerprint density at radius 2 is 1.84 bits per heavy atom. The van der Waals surface area contributed by atoms with Gasteiger partial charge >= 0.3 is 0 Å². The normalized spacial score (nSPS) is 12.2. The number of nitrogens with two attached hydrogens (primary N) is 1. The van der Waals surface area contributed by atoms with Crippen molar-refractivity contribution in [3.8, 4) is 5.75 Å². The number of nitrogen functional groups attached to an aromatic ring is 1. The van der Waals surface area contributed by atoms with Crippen LogP contribution in [0.15, 0.2) is 34.9 Å². The first-order valence-corrected chi connectivity index (χ1v) is 7.06. The minimum Gasteiger partial charge on any atom is -0.482 e. The highest BCUT2D eigenvalue weighted by atomic mass is 79.9. The number of aromatic nitrogens is 1. The van der Waals surface area contributed by atoms with Gasteiger partial charge in [0.25, 0.3) is 0 Å². The van der Waals surface area contributed by atoms with Crippen LogP contribution in [0, 0.1) is 0 Å². The predicted molar refractivity (Wildman–Crippen MR) is 81.9 cm³/mol. The SMILES string of the molecule is CC(Oc1ccc(Br)nc1N)c1c(Cl)cccc1Cl. The topological polar surface area (TPSA) is 48.1 Å². The molecule has 1 aromatic carbocycles. The van der Waals surface area contributed by atoms with Crippen LogP contribution in [0.3, 0.4) is 0 Å². The highest BCUT2D eigenvalue weighted by Crippen LogP contribution is 2.34. The van der Waals surface area contributed by atoms with Crippen LogP contribution in [-0.4, -0.2) is 4.98 Å². The van der Waals surface area contributed by atoms with Crippen LogP contribution in [0.25, 0.3) is 0 Å². The maximum Gasteiger partial charge on any atom is 0.167 e. The van der Waals surface area contributed by atoms with Crippen molar-refractivity contribution in [3.05, 3.63) is 50.5 Å². The molecule has 1 atom stereocenters.